The lowest BCUT2D eigenvalue weighted by Gasteiger charge is -2.18. The highest BCUT2D eigenvalue weighted by Crippen LogP contribution is 2.44. The van der Waals surface area contributed by atoms with Gasteiger partial charge in [0, 0.05) is 11.5 Å². The largest absolute Gasteiger partial charge is 0.479 e. The standard InChI is InChI=1S/C22H16BrFN2O4/c23-20-16(9-10-18(24)25-20)19(21(27)28)26-22(29)30-11-17-14-7-3-1-5-12(14)13-6-2-4-8-15(13)17/h1-10,17,19H,11H2,(H,26,29)(H,27,28). The van der Waals surface area contributed by atoms with Crippen LogP contribution in [0.15, 0.2) is 65.3 Å². The van der Waals surface area contributed by atoms with Crippen LogP contribution in [0.4, 0.5) is 9.18 Å². The molecule has 0 spiro atoms. The summed E-state index contributed by atoms with van der Waals surface area (Å²) in [6, 6.07) is 16.6. The maximum Gasteiger partial charge on any atom is 0.408 e. The smallest absolute Gasteiger partial charge is 0.408 e. The van der Waals surface area contributed by atoms with Gasteiger partial charge in [0.15, 0.2) is 6.04 Å². The summed E-state index contributed by atoms with van der Waals surface area (Å²) < 4.78 is 18.6. The molecule has 1 heterocycles. The molecule has 1 aromatic heterocycles. The Morgan fingerprint density at radius 1 is 1.07 bits per heavy atom. The van der Waals surface area contributed by atoms with Crippen molar-refractivity contribution in [1.29, 1.82) is 0 Å². The molecule has 0 aliphatic heterocycles. The van der Waals surface area contributed by atoms with Crippen molar-refractivity contribution in [2.24, 2.45) is 0 Å². The molecular weight excluding hydrogens is 455 g/mol. The summed E-state index contributed by atoms with van der Waals surface area (Å²) in [6.07, 6.45) is -0.888. The monoisotopic (exact) mass is 470 g/mol. The highest BCUT2D eigenvalue weighted by Gasteiger charge is 2.30. The minimum absolute atomic E-state index is 0.00570. The summed E-state index contributed by atoms with van der Waals surface area (Å²) in [5, 5.41) is 11.8. The van der Waals surface area contributed by atoms with Crippen molar-refractivity contribution in [2.45, 2.75) is 12.0 Å². The molecule has 6 nitrogen and oxygen atoms in total. The number of amides is 1. The van der Waals surface area contributed by atoms with Crippen molar-refractivity contribution in [1.82, 2.24) is 10.3 Å². The maximum absolute atomic E-state index is 13.2. The SMILES string of the molecule is O=C(NC(C(=O)O)c1ccc(F)nc1Br)OCC1c2ccccc2-c2ccccc21. The fourth-order valence-corrected chi connectivity index (χ4v) is 4.20. The van der Waals surface area contributed by atoms with Gasteiger partial charge < -0.3 is 15.2 Å². The van der Waals surface area contributed by atoms with E-state index >= 15 is 0 Å². The molecule has 8 heteroatoms. The Labute approximate surface area is 179 Å². The number of pyridine rings is 1. The number of ether oxygens (including phenoxy) is 1. The third-order valence-corrected chi connectivity index (χ3v) is 5.64. The number of nitrogens with zero attached hydrogens (tertiary/aromatic N) is 1. The molecule has 1 amide bonds. The minimum atomic E-state index is -1.44. The Kier molecular flexibility index (Phi) is 5.50. The van der Waals surface area contributed by atoms with Gasteiger partial charge in [0.05, 0.1) is 0 Å². The highest BCUT2D eigenvalue weighted by atomic mass is 79.9. The summed E-state index contributed by atoms with van der Waals surface area (Å²) >= 11 is 3.03. The van der Waals surface area contributed by atoms with Crippen LogP contribution in [0.3, 0.4) is 0 Å². The van der Waals surface area contributed by atoms with E-state index in [0.29, 0.717) is 0 Å². The Morgan fingerprint density at radius 3 is 2.23 bits per heavy atom. The molecule has 0 saturated heterocycles. The van der Waals surface area contributed by atoms with Gasteiger partial charge in [0.25, 0.3) is 0 Å². The van der Waals surface area contributed by atoms with Crippen LogP contribution in [0, 0.1) is 5.95 Å². The zero-order valence-electron chi connectivity index (χ0n) is 15.5. The minimum Gasteiger partial charge on any atom is -0.479 e. The molecule has 2 aromatic carbocycles. The number of carbonyl (C=O) groups is 2. The summed E-state index contributed by atoms with van der Waals surface area (Å²) in [5.74, 6) is -2.24. The number of alkyl carbamates (subject to hydrolysis) is 1. The third kappa shape index (κ3) is 3.78. The lowest BCUT2D eigenvalue weighted by atomic mass is 9.98. The van der Waals surface area contributed by atoms with E-state index in [4.69, 9.17) is 4.74 Å². The first-order valence-electron chi connectivity index (χ1n) is 9.12. The second kappa shape index (κ2) is 8.23. The molecule has 3 aromatic rings. The highest BCUT2D eigenvalue weighted by molar-refractivity contribution is 9.10. The number of halogens is 2. The van der Waals surface area contributed by atoms with Gasteiger partial charge in [-0.1, -0.05) is 48.5 Å². The molecule has 2 N–H and O–H groups in total. The Hall–Kier alpha value is -3.26. The summed E-state index contributed by atoms with van der Waals surface area (Å²) in [6.45, 7) is 0.0506. The number of hydrogen-bond donors (Lipinski definition) is 2. The fraction of sp³-hybridized carbons (Fsp3) is 0.136. The van der Waals surface area contributed by atoms with Gasteiger partial charge in [-0.25, -0.2) is 14.6 Å². The number of aliphatic carboxylic acids is 1. The van der Waals surface area contributed by atoms with Crippen LogP contribution in [0.2, 0.25) is 0 Å². The van der Waals surface area contributed by atoms with Gasteiger partial charge in [0.2, 0.25) is 5.95 Å². The number of benzene rings is 2. The lowest BCUT2D eigenvalue weighted by molar-refractivity contribution is -0.139. The third-order valence-electron chi connectivity index (χ3n) is 5.01. The Morgan fingerprint density at radius 2 is 1.67 bits per heavy atom. The van der Waals surface area contributed by atoms with Crippen molar-refractivity contribution >= 4 is 28.0 Å². The molecule has 0 fully saturated rings. The molecule has 1 unspecified atom stereocenters. The van der Waals surface area contributed by atoms with E-state index in [2.05, 4.69) is 26.2 Å². The van der Waals surface area contributed by atoms with Crippen LogP contribution >= 0.6 is 15.9 Å². The van der Waals surface area contributed by atoms with Crippen molar-refractivity contribution in [3.63, 3.8) is 0 Å². The van der Waals surface area contributed by atoms with Crippen LogP contribution in [-0.4, -0.2) is 28.8 Å². The molecule has 1 atom stereocenters. The number of nitrogens with one attached hydrogen (secondary N) is 1. The second-order valence-corrected chi connectivity index (χ2v) is 7.51. The van der Waals surface area contributed by atoms with Gasteiger partial charge in [-0.15, -0.1) is 0 Å². The predicted octanol–water partition coefficient (Wildman–Crippen LogP) is 4.65. The van der Waals surface area contributed by atoms with Crippen LogP contribution < -0.4 is 5.32 Å². The van der Waals surface area contributed by atoms with E-state index in [1.165, 1.54) is 6.07 Å². The zero-order chi connectivity index (χ0) is 21.3. The quantitative estimate of drug-likeness (QED) is 0.529. The van der Waals surface area contributed by atoms with Crippen LogP contribution in [0.5, 0.6) is 0 Å². The van der Waals surface area contributed by atoms with E-state index in [9.17, 15) is 19.1 Å². The molecule has 1 aliphatic carbocycles. The van der Waals surface area contributed by atoms with Crippen LogP contribution in [0.1, 0.15) is 28.7 Å². The average molecular weight is 471 g/mol. The molecule has 30 heavy (non-hydrogen) atoms. The van der Waals surface area contributed by atoms with Gasteiger partial charge in [-0.3, -0.25) is 0 Å². The zero-order valence-corrected chi connectivity index (χ0v) is 17.1. The van der Waals surface area contributed by atoms with Crippen molar-refractivity contribution in [2.75, 3.05) is 6.61 Å². The average Bonchev–Trinajstić information content (AvgIpc) is 3.05. The molecular formula is C22H16BrFN2O4. The van der Waals surface area contributed by atoms with E-state index in [1.807, 2.05) is 48.5 Å². The van der Waals surface area contributed by atoms with Gasteiger partial charge in [-0.2, -0.15) is 4.39 Å². The summed E-state index contributed by atoms with van der Waals surface area (Å²) in [5.41, 5.74) is 4.38. The number of aromatic nitrogens is 1. The molecule has 1 aliphatic rings. The van der Waals surface area contributed by atoms with Crippen LogP contribution in [-0.2, 0) is 9.53 Å². The van der Waals surface area contributed by atoms with E-state index in [-0.39, 0.29) is 22.7 Å². The molecule has 0 bridgehead atoms. The molecule has 0 radical (unpaired) electrons. The topological polar surface area (TPSA) is 88.5 Å². The van der Waals surface area contributed by atoms with Crippen LogP contribution in [0.25, 0.3) is 11.1 Å². The first-order valence-corrected chi connectivity index (χ1v) is 9.91. The summed E-state index contributed by atoms with van der Waals surface area (Å²) in [4.78, 5) is 27.6. The number of carboxylic acid groups (broad SMARTS) is 1. The van der Waals surface area contributed by atoms with E-state index in [1.54, 1.807) is 0 Å². The van der Waals surface area contributed by atoms with Crippen molar-refractivity contribution in [3.05, 3.63) is 87.9 Å². The fourth-order valence-electron chi connectivity index (χ4n) is 3.67. The predicted molar refractivity (Wildman–Crippen MR) is 110 cm³/mol. The second-order valence-electron chi connectivity index (χ2n) is 6.76. The number of carbonyl (C=O) groups excluding carboxylic acids is 1. The molecule has 4 rings (SSSR count). The first kappa shape index (κ1) is 20.0. The normalized spacial score (nSPS) is 13.3. The Bertz CT molecular complexity index is 1090. The van der Waals surface area contributed by atoms with E-state index in [0.717, 1.165) is 28.3 Å². The number of carboxylic acids is 1. The number of rotatable bonds is 5. The molecule has 0 saturated carbocycles. The molecule has 152 valence electrons. The number of fused-ring (bicyclic) bond motifs is 3. The summed E-state index contributed by atoms with van der Waals surface area (Å²) in [7, 11) is 0. The maximum atomic E-state index is 13.2. The van der Waals surface area contributed by atoms with E-state index < -0.39 is 24.1 Å². The van der Waals surface area contributed by atoms with Gasteiger partial charge >= 0.3 is 12.1 Å². The van der Waals surface area contributed by atoms with Gasteiger partial charge in [0.1, 0.15) is 11.2 Å². The van der Waals surface area contributed by atoms with Crippen molar-refractivity contribution < 1.29 is 23.8 Å². The number of hydrogen-bond acceptors (Lipinski definition) is 4. The van der Waals surface area contributed by atoms with Crippen molar-refractivity contribution in [3.8, 4) is 11.1 Å². The lowest BCUT2D eigenvalue weighted by Crippen LogP contribution is -2.35. The van der Waals surface area contributed by atoms with Gasteiger partial charge in [-0.05, 0) is 50.3 Å². The Balaban J connectivity index is 1.50. The first-order chi connectivity index (χ1) is 14.5.